The van der Waals surface area contributed by atoms with E-state index < -0.39 is 11.9 Å². The molecule has 1 atom stereocenters. The molecule has 4 nitrogen and oxygen atoms in total. The minimum absolute atomic E-state index is 0.0270. The minimum Gasteiger partial charge on any atom is -0.340 e. The van der Waals surface area contributed by atoms with Crippen LogP contribution in [-0.4, -0.2) is 29.8 Å². The van der Waals surface area contributed by atoms with Gasteiger partial charge in [-0.25, -0.2) is 4.39 Å². The van der Waals surface area contributed by atoms with Gasteiger partial charge in [0.05, 0.1) is 0 Å². The number of amides is 2. The second kappa shape index (κ2) is 9.69. The van der Waals surface area contributed by atoms with Crippen molar-refractivity contribution in [3.05, 3.63) is 70.0 Å². The quantitative estimate of drug-likeness (QED) is 0.733. The number of likely N-dealkylation sites (N-methyl/N-ethyl adjacent to an activating group) is 1. The zero-order valence-corrected chi connectivity index (χ0v) is 17.4. The van der Waals surface area contributed by atoms with Gasteiger partial charge in [-0.05, 0) is 43.0 Å². The first-order valence-electron chi connectivity index (χ1n) is 9.25. The van der Waals surface area contributed by atoms with Crippen molar-refractivity contribution in [1.82, 2.24) is 10.2 Å². The van der Waals surface area contributed by atoms with Crippen LogP contribution in [0.5, 0.6) is 0 Å². The van der Waals surface area contributed by atoms with E-state index in [0.717, 1.165) is 5.56 Å². The van der Waals surface area contributed by atoms with Gasteiger partial charge in [0.15, 0.2) is 0 Å². The Morgan fingerprint density at radius 1 is 1.14 bits per heavy atom. The second-order valence-electron chi connectivity index (χ2n) is 7.37. The van der Waals surface area contributed by atoms with Crippen LogP contribution in [0.2, 0.25) is 5.02 Å². The van der Waals surface area contributed by atoms with Gasteiger partial charge >= 0.3 is 0 Å². The number of nitrogens with zero attached hydrogens (tertiary/aromatic N) is 1. The third kappa shape index (κ3) is 5.55. The summed E-state index contributed by atoms with van der Waals surface area (Å²) in [5.41, 5.74) is 1.62. The zero-order chi connectivity index (χ0) is 20.8. The summed E-state index contributed by atoms with van der Waals surface area (Å²) in [4.78, 5) is 27.1. The number of carbonyl (C=O) groups excluding carboxylic acids is 2. The summed E-state index contributed by atoms with van der Waals surface area (Å²) in [6, 6.07) is 10.9. The standard InChI is InChI=1S/C22H26ClFN2O2/c1-14(2)12-20(25-21(27)16-9-6-5-8-15(16)3)22(28)26(4)13-17-18(23)10-7-11-19(17)24/h5-11,14,20H,12-13H2,1-4H3,(H,25,27). The SMILES string of the molecule is Cc1ccccc1C(=O)NC(CC(C)C)C(=O)N(C)Cc1c(F)cccc1Cl. The number of carbonyl (C=O) groups is 2. The van der Waals surface area contributed by atoms with Crippen LogP contribution in [-0.2, 0) is 11.3 Å². The Morgan fingerprint density at radius 3 is 2.43 bits per heavy atom. The number of halogens is 2. The lowest BCUT2D eigenvalue weighted by Gasteiger charge is -2.26. The van der Waals surface area contributed by atoms with Crippen LogP contribution in [0.3, 0.4) is 0 Å². The molecule has 0 heterocycles. The molecule has 150 valence electrons. The largest absolute Gasteiger partial charge is 0.340 e. The first-order chi connectivity index (χ1) is 13.2. The molecule has 2 aromatic carbocycles. The van der Waals surface area contributed by atoms with Crippen molar-refractivity contribution in [2.75, 3.05) is 7.05 Å². The molecular formula is C22H26ClFN2O2. The summed E-state index contributed by atoms with van der Waals surface area (Å²) in [7, 11) is 1.58. The summed E-state index contributed by atoms with van der Waals surface area (Å²) in [5.74, 6) is -0.850. The number of rotatable bonds is 7. The summed E-state index contributed by atoms with van der Waals surface area (Å²) < 4.78 is 14.1. The average Bonchev–Trinajstić information content (AvgIpc) is 2.63. The number of hydrogen-bond acceptors (Lipinski definition) is 2. The predicted octanol–water partition coefficient (Wildman–Crippen LogP) is 4.59. The Balaban J connectivity index is 2.18. The molecule has 6 heteroatoms. The molecule has 0 aliphatic carbocycles. The van der Waals surface area contributed by atoms with E-state index in [9.17, 15) is 14.0 Å². The molecule has 1 N–H and O–H groups in total. The molecule has 0 aliphatic rings. The lowest BCUT2D eigenvalue weighted by Crippen LogP contribution is -2.48. The molecule has 0 aliphatic heterocycles. The van der Waals surface area contributed by atoms with Gasteiger partial charge in [0.25, 0.3) is 5.91 Å². The smallest absolute Gasteiger partial charge is 0.252 e. The Labute approximate surface area is 170 Å². The molecule has 0 saturated carbocycles. The number of benzene rings is 2. The third-order valence-electron chi connectivity index (χ3n) is 4.53. The highest BCUT2D eigenvalue weighted by atomic mass is 35.5. The van der Waals surface area contributed by atoms with Crippen LogP contribution >= 0.6 is 11.6 Å². The number of nitrogens with one attached hydrogen (secondary N) is 1. The van der Waals surface area contributed by atoms with Gasteiger partial charge in [-0.1, -0.05) is 49.7 Å². The van der Waals surface area contributed by atoms with E-state index in [1.54, 1.807) is 25.2 Å². The lowest BCUT2D eigenvalue weighted by molar-refractivity contribution is -0.132. The van der Waals surface area contributed by atoms with Crippen LogP contribution in [0.15, 0.2) is 42.5 Å². The fraction of sp³-hybridized carbons (Fsp3) is 0.364. The molecule has 2 aromatic rings. The summed E-state index contributed by atoms with van der Waals surface area (Å²) in [6.45, 7) is 5.83. The maximum absolute atomic E-state index is 14.1. The first kappa shape index (κ1) is 21.9. The Morgan fingerprint density at radius 2 is 1.82 bits per heavy atom. The number of aryl methyl sites for hydroxylation is 1. The maximum atomic E-state index is 14.1. The van der Waals surface area contributed by atoms with Crippen molar-refractivity contribution >= 4 is 23.4 Å². The van der Waals surface area contributed by atoms with Crippen LogP contribution in [0, 0.1) is 18.7 Å². The molecule has 0 radical (unpaired) electrons. The fourth-order valence-corrected chi connectivity index (χ4v) is 3.24. The van der Waals surface area contributed by atoms with E-state index >= 15 is 0 Å². The normalized spacial score (nSPS) is 12.0. The summed E-state index contributed by atoms with van der Waals surface area (Å²) >= 11 is 6.08. The highest BCUT2D eigenvalue weighted by Gasteiger charge is 2.26. The topological polar surface area (TPSA) is 49.4 Å². The van der Waals surface area contributed by atoms with Gasteiger partial charge in [0.2, 0.25) is 5.91 Å². The van der Waals surface area contributed by atoms with Gasteiger partial charge in [-0.2, -0.15) is 0 Å². The predicted molar refractivity (Wildman–Crippen MR) is 110 cm³/mol. The monoisotopic (exact) mass is 404 g/mol. The molecule has 0 saturated heterocycles. The molecule has 0 bridgehead atoms. The highest BCUT2D eigenvalue weighted by molar-refractivity contribution is 6.31. The molecule has 0 aromatic heterocycles. The van der Waals surface area contributed by atoms with E-state index in [-0.39, 0.29) is 34.9 Å². The van der Waals surface area contributed by atoms with Crippen molar-refractivity contribution in [2.45, 2.75) is 39.8 Å². The Bertz CT molecular complexity index is 834. The first-order valence-corrected chi connectivity index (χ1v) is 9.62. The van der Waals surface area contributed by atoms with Gasteiger partial charge in [-0.3, -0.25) is 9.59 Å². The number of hydrogen-bond donors (Lipinski definition) is 1. The minimum atomic E-state index is -0.706. The Kier molecular flexibility index (Phi) is 7.58. The van der Waals surface area contributed by atoms with Crippen molar-refractivity contribution in [3.63, 3.8) is 0 Å². The van der Waals surface area contributed by atoms with E-state index in [1.807, 2.05) is 32.9 Å². The van der Waals surface area contributed by atoms with Crippen molar-refractivity contribution in [1.29, 1.82) is 0 Å². The fourth-order valence-electron chi connectivity index (χ4n) is 3.02. The summed E-state index contributed by atoms with van der Waals surface area (Å²) in [6.07, 6.45) is 0.478. The van der Waals surface area contributed by atoms with Gasteiger partial charge in [0, 0.05) is 29.7 Å². The van der Waals surface area contributed by atoms with E-state index in [2.05, 4.69) is 5.32 Å². The van der Waals surface area contributed by atoms with Crippen molar-refractivity contribution < 1.29 is 14.0 Å². The zero-order valence-electron chi connectivity index (χ0n) is 16.6. The van der Waals surface area contributed by atoms with E-state index in [1.165, 1.54) is 17.0 Å². The second-order valence-corrected chi connectivity index (χ2v) is 7.77. The molecular weight excluding hydrogens is 379 g/mol. The molecule has 2 amide bonds. The van der Waals surface area contributed by atoms with Gasteiger partial charge in [0.1, 0.15) is 11.9 Å². The molecule has 2 rings (SSSR count). The van der Waals surface area contributed by atoms with Gasteiger partial charge < -0.3 is 10.2 Å². The van der Waals surface area contributed by atoms with Crippen LogP contribution < -0.4 is 5.32 Å². The summed E-state index contributed by atoms with van der Waals surface area (Å²) in [5, 5.41) is 3.11. The average molecular weight is 405 g/mol. The highest BCUT2D eigenvalue weighted by Crippen LogP contribution is 2.21. The van der Waals surface area contributed by atoms with Crippen molar-refractivity contribution in [3.8, 4) is 0 Å². The third-order valence-corrected chi connectivity index (χ3v) is 4.89. The van der Waals surface area contributed by atoms with Crippen LogP contribution in [0.4, 0.5) is 4.39 Å². The van der Waals surface area contributed by atoms with Crippen molar-refractivity contribution in [2.24, 2.45) is 5.92 Å². The van der Waals surface area contributed by atoms with Crippen LogP contribution in [0.1, 0.15) is 41.8 Å². The molecule has 0 fully saturated rings. The maximum Gasteiger partial charge on any atom is 0.252 e. The lowest BCUT2D eigenvalue weighted by atomic mass is 10.0. The molecule has 28 heavy (non-hydrogen) atoms. The van der Waals surface area contributed by atoms with Crippen LogP contribution in [0.25, 0.3) is 0 Å². The van der Waals surface area contributed by atoms with E-state index in [4.69, 9.17) is 11.6 Å². The molecule has 1 unspecified atom stereocenters. The Hall–Kier alpha value is -2.40. The molecule has 0 spiro atoms. The van der Waals surface area contributed by atoms with E-state index in [0.29, 0.717) is 12.0 Å². The van der Waals surface area contributed by atoms with Gasteiger partial charge in [-0.15, -0.1) is 0 Å².